The Balaban J connectivity index is 2.20. The Labute approximate surface area is 122 Å². The van der Waals surface area contributed by atoms with E-state index in [2.05, 4.69) is 15.3 Å². The molecule has 20 heavy (non-hydrogen) atoms. The molecule has 0 bridgehead atoms. The number of aromatic nitrogens is 2. The molecular weight excluding hydrogens is 278 g/mol. The monoisotopic (exact) mass is 293 g/mol. The largest absolute Gasteiger partial charge is 0.481 e. The van der Waals surface area contributed by atoms with Crippen molar-refractivity contribution in [1.82, 2.24) is 9.97 Å². The van der Waals surface area contributed by atoms with Crippen LogP contribution in [0.5, 0.6) is 11.8 Å². The molecule has 1 heterocycles. The van der Waals surface area contributed by atoms with E-state index in [1.165, 1.54) is 0 Å². The van der Waals surface area contributed by atoms with E-state index < -0.39 is 0 Å². The van der Waals surface area contributed by atoms with Gasteiger partial charge in [0.05, 0.1) is 26.3 Å². The fourth-order valence-electron chi connectivity index (χ4n) is 1.73. The van der Waals surface area contributed by atoms with Gasteiger partial charge in [-0.1, -0.05) is 23.7 Å². The summed E-state index contributed by atoms with van der Waals surface area (Å²) in [7, 11) is 3.10. The van der Waals surface area contributed by atoms with Gasteiger partial charge in [-0.05, 0) is 24.6 Å². The van der Waals surface area contributed by atoms with Crippen LogP contribution in [0.1, 0.15) is 18.5 Å². The van der Waals surface area contributed by atoms with Crippen molar-refractivity contribution in [2.24, 2.45) is 0 Å². The molecule has 0 radical (unpaired) electrons. The van der Waals surface area contributed by atoms with Crippen LogP contribution in [0.15, 0.2) is 30.3 Å². The van der Waals surface area contributed by atoms with E-state index >= 15 is 0 Å². The van der Waals surface area contributed by atoms with Gasteiger partial charge in [0.15, 0.2) is 0 Å². The summed E-state index contributed by atoms with van der Waals surface area (Å²) in [4.78, 5) is 8.46. The molecule has 6 heteroatoms. The van der Waals surface area contributed by atoms with Crippen LogP contribution in [0, 0.1) is 0 Å². The molecule has 0 aliphatic heterocycles. The van der Waals surface area contributed by atoms with Gasteiger partial charge < -0.3 is 14.8 Å². The van der Waals surface area contributed by atoms with E-state index in [0.717, 1.165) is 5.56 Å². The maximum Gasteiger partial charge on any atom is 0.229 e. The van der Waals surface area contributed by atoms with Crippen LogP contribution in [0.25, 0.3) is 0 Å². The summed E-state index contributed by atoms with van der Waals surface area (Å²) in [5.41, 5.74) is 1.04. The minimum absolute atomic E-state index is 0.00510. The number of nitrogens with one attached hydrogen (secondary N) is 1. The number of halogens is 1. The SMILES string of the molecule is COc1cc(OC)nc(NC(C)c2cccc(Cl)c2)n1. The van der Waals surface area contributed by atoms with Gasteiger partial charge in [0.2, 0.25) is 17.7 Å². The highest BCUT2D eigenvalue weighted by molar-refractivity contribution is 6.30. The summed E-state index contributed by atoms with van der Waals surface area (Å²) in [5.74, 6) is 1.32. The quantitative estimate of drug-likeness (QED) is 0.916. The molecule has 1 aromatic heterocycles. The lowest BCUT2D eigenvalue weighted by Gasteiger charge is -2.15. The first kappa shape index (κ1) is 14.4. The van der Waals surface area contributed by atoms with Gasteiger partial charge in [-0.3, -0.25) is 0 Å². The van der Waals surface area contributed by atoms with Crippen LogP contribution >= 0.6 is 11.6 Å². The third-order valence-electron chi connectivity index (χ3n) is 2.79. The maximum absolute atomic E-state index is 5.99. The molecule has 5 nitrogen and oxygen atoms in total. The van der Waals surface area contributed by atoms with Crippen molar-refractivity contribution in [3.63, 3.8) is 0 Å². The molecule has 1 N–H and O–H groups in total. The molecule has 0 saturated carbocycles. The van der Waals surface area contributed by atoms with Crippen LogP contribution < -0.4 is 14.8 Å². The van der Waals surface area contributed by atoms with Crippen molar-refractivity contribution >= 4 is 17.5 Å². The number of rotatable bonds is 5. The molecular formula is C14H16ClN3O2. The standard InChI is InChI=1S/C14H16ClN3O2/c1-9(10-5-4-6-11(15)7-10)16-14-17-12(19-2)8-13(18-14)20-3/h4-9H,1-3H3,(H,16,17,18). The number of hydrogen-bond acceptors (Lipinski definition) is 5. The summed E-state index contributed by atoms with van der Waals surface area (Å²) in [6.07, 6.45) is 0. The molecule has 0 fully saturated rings. The van der Waals surface area contributed by atoms with Crippen LogP contribution in [0.3, 0.4) is 0 Å². The Bertz CT molecular complexity index is 570. The first-order valence-electron chi connectivity index (χ1n) is 6.11. The second-order valence-electron chi connectivity index (χ2n) is 4.20. The lowest BCUT2D eigenvalue weighted by atomic mass is 10.1. The van der Waals surface area contributed by atoms with E-state index in [4.69, 9.17) is 21.1 Å². The molecule has 106 valence electrons. The molecule has 1 unspecified atom stereocenters. The molecule has 0 saturated heterocycles. The Morgan fingerprint density at radius 2 is 1.75 bits per heavy atom. The zero-order valence-corrected chi connectivity index (χ0v) is 12.3. The molecule has 0 spiro atoms. The smallest absolute Gasteiger partial charge is 0.229 e. The molecule has 2 aromatic rings. The summed E-state index contributed by atoms with van der Waals surface area (Å²) in [5, 5.41) is 3.89. The minimum Gasteiger partial charge on any atom is -0.481 e. The van der Waals surface area contributed by atoms with E-state index in [-0.39, 0.29) is 6.04 Å². The highest BCUT2D eigenvalue weighted by Crippen LogP contribution is 2.23. The van der Waals surface area contributed by atoms with Crippen molar-refractivity contribution in [2.75, 3.05) is 19.5 Å². The molecule has 0 amide bonds. The van der Waals surface area contributed by atoms with E-state index in [9.17, 15) is 0 Å². The normalized spacial score (nSPS) is 11.8. The van der Waals surface area contributed by atoms with Gasteiger partial charge in [-0.2, -0.15) is 9.97 Å². The van der Waals surface area contributed by atoms with Gasteiger partial charge in [-0.15, -0.1) is 0 Å². The Hall–Kier alpha value is -2.01. The number of hydrogen-bond donors (Lipinski definition) is 1. The Kier molecular flexibility index (Phi) is 4.63. The lowest BCUT2D eigenvalue weighted by Crippen LogP contribution is -2.10. The topological polar surface area (TPSA) is 56.3 Å². The number of nitrogens with zero attached hydrogens (tertiary/aromatic N) is 2. The Morgan fingerprint density at radius 1 is 1.10 bits per heavy atom. The van der Waals surface area contributed by atoms with Gasteiger partial charge in [0, 0.05) is 5.02 Å². The van der Waals surface area contributed by atoms with Crippen molar-refractivity contribution in [3.8, 4) is 11.8 Å². The number of anilines is 1. The third-order valence-corrected chi connectivity index (χ3v) is 3.03. The number of ether oxygens (including phenoxy) is 2. The zero-order valence-electron chi connectivity index (χ0n) is 11.6. The van der Waals surface area contributed by atoms with Gasteiger partial charge >= 0.3 is 0 Å². The zero-order chi connectivity index (χ0) is 14.5. The summed E-state index contributed by atoms with van der Waals surface area (Å²) < 4.78 is 10.2. The van der Waals surface area contributed by atoms with E-state index in [1.54, 1.807) is 20.3 Å². The summed E-state index contributed by atoms with van der Waals surface area (Å²) in [6.45, 7) is 2.00. The van der Waals surface area contributed by atoms with Gasteiger partial charge in [-0.25, -0.2) is 0 Å². The average molecular weight is 294 g/mol. The summed E-state index contributed by atoms with van der Waals surface area (Å²) >= 11 is 5.99. The predicted octanol–water partition coefficient (Wildman–Crippen LogP) is 3.32. The molecule has 2 rings (SSSR count). The Morgan fingerprint density at radius 3 is 2.30 bits per heavy atom. The van der Waals surface area contributed by atoms with Crippen molar-refractivity contribution in [3.05, 3.63) is 40.9 Å². The number of methoxy groups -OCH3 is 2. The minimum atomic E-state index is 0.00510. The molecule has 1 aromatic carbocycles. The highest BCUT2D eigenvalue weighted by atomic mass is 35.5. The lowest BCUT2D eigenvalue weighted by molar-refractivity contribution is 0.372. The van der Waals surface area contributed by atoms with E-state index in [0.29, 0.717) is 22.7 Å². The van der Waals surface area contributed by atoms with Crippen LogP contribution in [-0.4, -0.2) is 24.2 Å². The van der Waals surface area contributed by atoms with E-state index in [1.807, 2.05) is 31.2 Å². The molecule has 1 atom stereocenters. The van der Waals surface area contributed by atoms with Gasteiger partial charge in [0.25, 0.3) is 0 Å². The van der Waals surface area contributed by atoms with Crippen molar-refractivity contribution < 1.29 is 9.47 Å². The first-order chi connectivity index (χ1) is 9.62. The molecule has 0 aliphatic carbocycles. The second kappa shape index (κ2) is 6.43. The number of benzene rings is 1. The first-order valence-corrected chi connectivity index (χ1v) is 6.49. The second-order valence-corrected chi connectivity index (χ2v) is 4.63. The fraction of sp³-hybridized carbons (Fsp3) is 0.286. The third kappa shape index (κ3) is 3.51. The fourth-order valence-corrected chi connectivity index (χ4v) is 1.93. The summed E-state index contributed by atoms with van der Waals surface area (Å²) in [6, 6.07) is 9.25. The molecule has 0 aliphatic rings. The maximum atomic E-state index is 5.99. The predicted molar refractivity (Wildman–Crippen MR) is 78.6 cm³/mol. The van der Waals surface area contributed by atoms with Gasteiger partial charge in [0.1, 0.15) is 0 Å². The highest BCUT2D eigenvalue weighted by Gasteiger charge is 2.10. The van der Waals surface area contributed by atoms with Crippen LogP contribution in [0.4, 0.5) is 5.95 Å². The van der Waals surface area contributed by atoms with Crippen LogP contribution in [-0.2, 0) is 0 Å². The van der Waals surface area contributed by atoms with Crippen molar-refractivity contribution in [1.29, 1.82) is 0 Å². The van der Waals surface area contributed by atoms with Crippen LogP contribution in [0.2, 0.25) is 5.02 Å². The van der Waals surface area contributed by atoms with Crippen molar-refractivity contribution in [2.45, 2.75) is 13.0 Å². The average Bonchev–Trinajstić information content (AvgIpc) is 2.46.